The number of guanidine groups is 1. The van der Waals surface area contributed by atoms with E-state index in [0.29, 0.717) is 5.92 Å². The van der Waals surface area contributed by atoms with E-state index < -0.39 is 0 Å². The molecule has 2 rings (SSSR count). The fourth-order valence-electron chi connectivity index (χ4n) is 2.25. The molecule has 0 spiro atoms. The standard InChI is InChI=1S/C10H19N3O/c11-10(12)13-4-3-9(14)8(6-13)5-7-1-2-7/h7-9,14H,1-6H2,(H3,11,12)/t8-,9-/m0/s1. The molecule has 1 aliphatic carbocycles. The van der Waals surface area contributed by atoms with Crippen molar-refractivity contribution < 1.29 is 5.11 Å². The minimum absolute atomic E-state index is 0.151. The molecular formula is C10H19N3O. The lowest BCUT2D eigenvalue weighted by Crippen LogP contribution is -2.48. The molecular weight excluding hydrogens is 178 g/mol. The highest BCUT2D eigenvalue weighted by Gasteiger charge is 2.33. The number of aliphatic hydroxyl groups excluding tert-OH is 1. The van der Waals surface area contributed by atoms with Crippen molar-refractivity contribution in [3.05, 3.63) is 0 Å². The van der Waals surface area contributed by atoms with E-state index in [2.05, 4.69) is 0 Å². The summed E-state index contributed by atoms with van der Waals surface area (Å²) in [5.74, 6) is 1.32. The maximum absolute atomic E-state index is 9.81. The zero-order valence-electron chi connectivity index (χ0n) is 8.45. The molecule has 0 aromatic rings. The zero-order valence-corrected chi connectivity index (χ0v) is 8.45. The van der Waals surface area contributed by atoms with Crippen LogP contribution in [0.5, 0.6) is 0 Å². The van der Waals surface area contributed by atoms with Gasteiger partial charge in [0.1, 0.15) is 0 Å². The average Bonchev–Trinajstić information content (AvgIpc) is 2.92. The maximum atomic E-state index is 9.81. The van der Waals surface area contributed by atoms with Gasteiger partial charge < -0.3 is 15.7 Å². The second-order valence-corrected chi connectivity index (χ2v) is 4.63. The molecule has 4 nitrogen and oxygen atoms in total. The van der Waals surface area contributed by atoms with Gasteiger partial charge in [0, 0.05) is 19.0 Å². The zero-order chi connectivity index (χ0) is 10.1. The monoisotopic (exact) mass is 197 g/mol. The third kappa shape index (κ3) is 2.18. The van der Waals surface area contributed by atoms with E-state index in [0.717, 1.165) is 31.8 Å². The van der Waals surface area contributed by atoms with Gasteiger partial charge in [-0.3, -0.25) is 5.41 Å². The summed E-state index contributed by atoms with van der Waals surface area (Å²) in [6.07, 6.45) is 4.35. The molecule has 2 fully saturated rings. The molecule has 4 N–H and O–H groups in total. The molecule has 1 heterocycles. The Bertz CT molecular complexity index is 227. The van der Waals surface area contributed by atoms with E-state index >= 15 is 0 Å². The van der Waals surface area contributed by atoms with Gasteiger partial charge in [0.05, 0.1) is 6.10 Å². The van der Waals surface area contributed by atoms with Crippen LogP contribution in [0.2, 0.25) is 0 Å². The first-order chi connectivity index (χ1) is 6.66. The minimum Gasteiger partial charge on any atom is -0.393 e. The van der Waals surface area contributed by atoms with E-state index in [9.17, 15) is 5.11 Å². The third-order valence-electron chi connectivity index (χ3n) is 3.37. The molecule has 0 bridgehead atoms. The van der Waals surface area contributed by atoms with Crippen molar-refractivity contribution in [3.8, 4) is 0 Å². The van der Waals surface area contributed by atoms with Crippen molar-refractivity contribution in [2.75, 3.05) is 13.1 Å². The summed E-state index contributed by atoms with van der Waals surface area (Å²) in [5, 5.41) is 17.2. The molecule has 1 saturated heterocycles. The van der Waals surface area contributed by atoms with Crippen molar-refractivity contribution in [1.29, 1.82) is 5.41 Å². The number of nitrogens with two attached hydrogens (primary N) is 1. The molecule has 0 aromatic carbocycles. The molecule has 0 unspecified atom stereocenters. The Morgan fingerprint density at radius 3 is 2.71 bits per heavy atom. The highest BCUT2D eigenvalue weighted by atomic mass is 16.3. The summed E-state index contributed by atoms with van der Waals surface area (Å²) >= 11 is 0. The van der Waals surface area contributed by atoms with Crippen LogP contribution in [0, 0.1) is 17.2 Å². The second kappa shape index (κ2) is 3.77. The van der Waals surface area contributed by atoms with Gasteiger partial charge in [-0.25, -0.2) is 0 Å². The summed E-state index contributed by atoms with van der Waals surface area (Å²) < 4.78 is 0. The molecule has 0 radical (unpaired) electrons. The van der Waals surface area contributed by atoms with E-state index in [4.69, 9.17) is 11.1 Å². The van der Waals surface area contributed by atoms with E-state index in [1.54, 1.807) is 0 Å². The summed E-state index contributed by atoms with van der Waals surface area (Å²) in [6.45, 7) is 1.50. The third-order valence-corrected chi connectivity index (χ3v) is 3.37. The van der Waals surface area contributed by atoms with Crippen LogP contribution < -0.4 is 5.73 Å². The summed E-state index contributed by atoms with van der Waals surface area (Å²) in [6, 6.07) is 0. The number of likely N-dealkylation sites (tertiary alicyclic amines) is 1. The van der Waals surface area contributed by atoms with Crippen molar-refractivity contribution in [2.45, 2.75) is 31.8 Å². The number of rotatable bonds is 2. The van der Waals surface area contributed by atoms with E-state index in [1.165, 1.54) is 12.8 Å². The fraction of sp³-hybridized carbons (Fsp3) is 0.900. The normalized spacial score (nSPS) is 33.1. The summed E-state index contributed by atoms with van der Waals surface area (Å²) in [7, 11) is 0. The molecule has 0 amide bonds. The molecule has 2 aliphatic rings. The van der Waals surface area contributed by atoms with Crippen LogP contribution in [0.15, 0.2) is 0 Å². The van der Waals surface area contributed by atoms with Gasteiger partial charge >= 0.3 is 0 Å². The number of nitrogens with zero attached hydrogens (tertiary/aromatic N) is 1. The first-order valence-corrected chi connectivity index (χ1v) is 5.44. The van der Waals surface area contributed by atoms with Crippen molar-refractivity contribution in [3.63, 3.8) is 0 Å². The molecule has 80 valence electrons. The smallest absolute Gasteiger partial charge is 0.188 e. The van der Waals surface area contributed by atoms with Gasteiger partial charge in [0.15, 0.2) is 5.96 Å². The Labute approximate surface area is 84.6 Å². The fourth-order valence-corrected chi connectivity index (χ4v) is 2.25. The molecule has 1 aliphatic heterocycles. The quantitative estimate of drug-likeness (QED) is 0.442. The molecule has 1 saturated carbocycles. The number of piperidine rings is 1. The first-order valence-electron chi connectivity index (χ1n) is 5.44. The minimum atomic E-state index is -0.175. The SMILES string of the molecule is N=C(N)N1CC[C@H](O)[C@@H](CC2CC2)C1. The largest absolute Gasteiger partial charge is 0.393 e. The predicted octanol–water partition coefficient (Wildman–Crippen LogP) is 0.363. The summed E-state index contributed by atoms with van der Waals surface area (Å²) in [4.78, 5) is 1.87. The first kappa shape index (κ1) is 9.77. The lowest BCUT2D eigenvalue weighted by molar-refractivity contribution is 0.0425. The Hall–Kier alpha value is -0.770. The predicted molar refractivity (Wildman–Crippen MR) is 54.9 cm³/mol. The topological polar surface area (TPSA) is 73.3 Å². The lowest BCUT2D eigenvalue weighted by Gasteiger charge is -2.36. The van der Waals surface area contributed by atoms with Crippen molar-refractivity contribution >= 4 is 5.96 Å². The average molecular weight is 197 g/mol. The van der Waals surface area contributed by atoms with Crippen LogP contribution >= 0.6 is 0 Å². The maximum Gasteiger partial charge on any atom is 0.188 e. The van der Waals surface area contributed by atoms with Gasteiger partial charge in [0.2, 0.25) is 0 Å². The second-order valence-electron chi connectivity index (χ2n) is 4.63. The Balaban J connectivity index is 1.88. The number of hydrogen-bond acceptors (Lipinski definition) is 2. The molecule has 2 atom stereocenters. The van der Waals surface area contributed by atoms with Gasteiger partial charge in [-0.15, -0.1) is 0 Å². The summed E-state index contributed by atoms with van der Waals surface area (Å²) in [5.41, 5.74) is 5.45. The van der Waals surface area contributed by atoms with Gasteiger partial charge in [-0.2, -0.15) is 0 Å². The van der Waals surface area contributed by atoms with Crippen LogP contribution in [0.4, 0.5) is 0 Å². The number of aliphatic hydroxyl groups is 1. The highest BCUT2D eigenvalue weighted by Crippen LogP contribution is 2.37. The number of nitrogens with one attached hydrogen (secondary N) is 1. The lowest BCUT2D eigenvalue weighted by atomic mass is 9.90. The highest BCUT2D eigenvalue weighted by molar-refractivity contribution is 5.74. The molecule has 4 heteroatoms. The van der Waals surface area contributed by atoms with Gasteiger partial charge in [-0.1, -0.05) is 12.8 Å². The van der Waals surface area contributed by atoms with Crippen LogP contribution in [0.1, 0.15) is 25.7 Å². The van der Waals surface area contributed by atoms with Gasteiger partial charge in [-0.05, 0) is 18.8 Å². The van der Waals surface area contributed by atoms with Crippen LogP contribution in [-0.2, 0) is 0 Å². The van der Waals surface area contributed by atoms with Crippen LogP contribution in [-0.4, -0.2) is 35.2 Å². The number of hydrogen-bond donors (Lipinski definition) is 3. The Kier molecular flexibility index (Phi) is 2.63. The van der Waals surface area contributed by atoms with Crippen LogP contribution in [0.3, 0.4) is 0 Å². The molecule has 0 aromatic heterocycles. The van der Waals surface area contributed by atoms with Crippen LogP contribution in [0.25, 0.3) is 0 Å². The van der Waals surface area contributed by atoms with E-state index in [1.807, 2.05) is 4.90 Å². The van der Waals surface area contributed by atoms with Gasteiger partial charge in [0.25, 0.3) is 0 Å². The van der Waals surface area contributed by atoms with Crippen molar-refractivity contribution in [1.82, 2.24) is 4.90 Å². The van der Waals surface area contributed by atoms with Crippen molar-refractivity contribution in [2.24, 2.45) is 17.6 Å². The Morgan fingerprint density at radius 1 is 1.43 bits per heavy atom. The molecule has 14 heavy (non-hydrogen) atoms. The van der Waals surface area contributed by atoms with E-state index in [-0.39, 0.29) is 12.1 Å². The Morgan fingerprint density at radius 2 is 2.14 bits per heavy atom.